The zero-order chi connectivity index (χ0) is 15.5. The second-order valence-corrected chi connectivity index (χ2v) is 5.86. The SMILES string of the molecule is CC1CN(C(=O)Cc2cnn(-c3ccccc3)c2)CC(C)O1. The predicted molar refractivity (Wildman–Crippen MR) is 83.9 cm³/mol. The van der Waals surface area contributed by atoms with Crippen LogP contribution in [0.3, 0.4) is 0 Å². The molecule has 1 aliphatic rings. The highest BCUT2D eigenvalue weighted by molar-refractivity contribution is 5.78. The second-order valence-electron chi connectivity index (χ2n) is 5.86. The quantitative estimate of drug-likeness (QED) is 0.871. The van der Waals surface area contributed by atoms with Gasteiger partial charge in [0, 0.05) is 19.3 Å². The number of amides is 1. The Bertz CT molecular complexity index is 628. The van der Waals surface area contributed by atoms with Crippen molar-refractivity contribution in [3.8, 4) is 5.69 Å². The first-order chi connectivity index (χ1) is 10.6. The van der Waals surface area contributed by atoms with Gasteiger partial charge in [0.15, 0.2) is 0 Å². The minimum Gasteiger partial charge on any atom is -0.372 e. The lowest BCUT2D eigenvalue weighted by Crippen LogP contribution is -2.48. The van der Waals surface area contributed by atoms with Gasteiger partial charge in [-0.3, -0.25) is 4.79 Å². The van der Waals surface area contributed by atoms with E-state index in [1.54, 1.807) is 10.9 Å². The van der Waals surface area contributed by atoms with E-state index >= 15 is 0 Å². The Morgan fingerprint density at radius 2 is 1.91 bits per heavy atom. The van der Waals surface area contributed by atoms with Crippen LogP contribution in [0.15, 0.2) is 42.7 Å². The maximum Gasteiger partial charge on any atom is 0.227 e. The van der Waals surface area contributed by atoms with E-state index in [4.69, 9.17) is 4.74 Å². The molecule has 5 heteroatoms. The van der Waals surface area contributed by atoms with Gasteiger partial charge < -0.3 is 9.64 Å². The Morgan fingerprint density at radius 1 is 1.23 bits per heavy atom. The summed E-state index contributed by atoms with van der Waals surface area (Å²) >= 11 is 0. The van der Waals surface area contributed by atoms with E-state index in [2.05, 4.69) is 5.10 Å². The van der Waals surface area contributed by atoms with Crippen molar-refractivity contribution in [3.63, 3.8) is 0 Å². The Morgan fingerprint density at radius 3 is 2.59 bits per heavy atom. The molecular weight excluding hydrogens is 278 g/mol. The van der Waals surface area contributed by atoms with Crippen LogP contribution in [0.5, 0.6) is 0 Å². The number of nitrogens with zero attached hydrogens (tertiary/aromatic N) is 3. The highest BCUT2D eigenvalue weighted by Gasteiger charge is 2.25. The molecule has 0 spiro atoms. The number of rotatable bonds is 3. The third kappa shape index (κ3) is 3.36. The van der Waals surface area contributed by atoms with Gasteiger partial charge in [-0.25, -0.2) is 4.68 Å². The highest BCUT2D eigenvalue weighted by Crippen LogP contribution is 2.13. The summed E-state index contributed by atoms with van der Waals surface area (Å²) in [5.41, 5.74) is 1.93. The minimum absolute atomic E-state index is 0.0970. The van der Waals surface area contributed by atoms with E-state index in [1.807, 2.05) is 55.3 Å². The van der Waals surface area contributed by atoms with Crippen LogP contribution in [0, 0.1) is 0 Å². The van der Waals surface area contributed by atoms with Crippen LogP contribution in [0.2, 0.25) is 0 Å². The fraction of sp³-hybridized carbons (Fsp3) is 0.412. The van der Waals surface area contributed by atoms with Gasteiger partial charge in [0.2, 0.25) is 5.91 Å². The molecule has 1 aliphatic heterocycles. The fourth-order valence-corrected chi connectivity index (χ4v) is 2.84. The molecule has 0 saturated carbocycles. The molecule has 116 valence electrons. The van der Waals surface area contributed by atoms with Crippen molar-refractivity contribution in [1.82, 2.24) is 14.7 Å². The zero-order valence-electron chi connectivity index (χ0n) is 13.0. The van der Waals surface area contributed by atoms with Crippen molar-refractivity contribution in [2.24, 2.45) is 0 Å². The monoisotopic (exact) mass is 299 g/mol. The van der Waals surface area contributed by atoms with Gasteiger partial charge in [-0.2, -0.15) is 5.10 Å². The molecule has 1 amide bonds. The molecule has 2 aromatic rings. The maximum atomic E-state index is 12.4. The standard InChI is InChI=1S/C17H21N3O2/c1-13-10-19(11-14(2)22-13)17(21)8-15-9-18-20(12-15)16-6-4-3-5-7-16/h3-7,9,12-14H,8,10-11H2,1-2H3. The molecule has 2 atom stereocenters. The van der Waals surface area contributed by atoms with Crippen LogP contribution in [0.25, 0.3) is 5.69 Å². The summed E-state index contributed by atoms with van der Waals surface area (Å²) in [5, 5.41) is 4.34. The number of para-hydroxylation sites is 1. The summed E-state index contributed by atoms with van der Waals surface area (Å²) in [6.07, 6.45) is 4.25. The van der Waals surface area contributed by atoms with E-state index in [9.17, 15) is 4.79 Å². The van der Waals surface area contributed by atoms with Gasteiger partial charge in [0.1, 0.15) is 0 Å². The first-order valence-corrected chi connectivity index (χ1v) is 7.64. The molecule has 1 saturated heterocycles. The van der Waals surface area contributed by atoms with E-state index in [-0.39, 0.29) is 18.1 Å². The topological polar surface area (TPSA) is 47.4 Å². The normalized spacial score (nSPS) is 21.8. The van der Waals surface area contributed by atoms with Crippen molar-refractivity contribution in [1.29, 1.82) is 0 Å². The van der Waals surface area contributed by atoms with E-state index in [0.717, 1.165) is 11.3 Å². The molecule has 0 bridgehead atoms. The largest absolute Gasteiger partial charge is 0.372 e. The number of ether oxygens (including phenoxy) is 1. The van der Waals surface area contributed by atoms with E-state index < -0.39 is 0 Å². The molecule has 5 nitrogen and oxygen atoms in total. The zero-order valence-corrected chi connectivity index (χ0v) is 13.0. The van der Waals surface area contributed by atoms with Crippen molar-refractivity contribution >= 4 is 5.91 Å². The molecule has 1 aromatic carbocycles. The van der Waals surface area contributed by atoms with Gasteiger partial charge in [-0.1, -0.05) is 18.2 Å². The molecule has 1 fully saturated rings. The number of carbonyl (C=O) groups is 1. The number of carbonyl (C=O) groups excluding carboxylic acids is 1. The van der Waals surface area contributed by atoms with Crippen LogP contribution >= 0.6 is 0 Å². The van der Waals surface area contributed by atoms with E-state index in [1.165, 1.54) is 0 Å². The Hall–Kier alpha value is -2.14. The minimum atomic E-state index is 0.0970. The van der Waals surface area contributed by atoms with Crippen molar-refractivity contribution in [2.45, 2.75) is 32.5 Å². The first kappa shape index (κ1) is 14.8. The summed E-state index contributed by atoms with van der Waals surface area (Å²) in [6.45, 7) is 5.33. The second kappa shape index (κ2) is 6.32. The number of morpholine rings is 1. The van der Waals surface area contributed by atoms with Gasteiger partial charge in [0.05, 0.1) is 30.5 Å². The van der Waals surface area contributed by atoms with Crippen molar-refractivity contribution in [3.05, 3.63) is 48.3 Å². The Labute approximate surface area is 130 Å². The van der Waals surface area contributed by atoms with Crippen LogP contribution in [0.1, 0.15) is 19.4 Å². The summed E-state index contributed by atoms with van der Waals surface area (Å²) in [7, 11) is 0. The number of benzene rings is 1. The van der Waals surface area contributed by atoms with Crippen molar-refractivity contribution < 1.29 is 9.53 Å². The lowest BCUT2D eigenvalue weighted by atomic mass is 10.2. The maximum absolute atomic E-state index is 12.4. The third-order valence-corrected chi connectivity index (χ3v) is 3.78. The number of hydrogen-bond acceptors (Lipinski definition) is 3. The summed E-state index contributed by atoms with van der Waals surface area (Å²) in [6, 6.07) is 9.89. The molecule has 0 N–H and O–H groups in total. The van der Waals surface area contributed by atoms with Gasteiger partial charge >= 0.3 is 0 Å². The predicted octanol–water partition coefficient (Wildman–Crippen LogP) is 2.05. The smallest absolute Gasteiger partial charge is 0.227 e. The fourth-order valence-electron chi connectivity index (χ4n) is 2.84. The molecule has 3 rings (SSSR count). The first-order valence-electron chi connectivity index (χ1n) is 7.64. The summed E-state index contributed by atoms with van der Waals surface area (Å²) in [4.78, 5) is 14.3. The highest BCUT2D eigenvalue weighted by atomic mass is 16.5. The molecule has 1 aromatic heterocycles. The third-order valence-electron chi connectivity index (χ3n) is 3.78. The van der Waals surface area contributed by atoms with Gasteiger partial charge in [-0.05, 0) is 31.5 Å². The summed E-state index contributed by atoms with van der Waals surface area (Å²) < 4.78 is 7.47. The van der Waals surface area contributed by atoms with Crippen LogP contribution in [-0.4, -0.2) is 45.9 Å². The van der Waals surface area contributed by atoms with Crippen LogP contribution in [-0.2, 0) is 16.0 Å². The lowest BCUT2D eigenvalue weighted by molar-refractivity contribution is -0.142. The average Bonchev–Trinajstić information content (AvgIpc) is 2.95. The Kier molecular flexibility index (Phi) is 4.24. The molecule has 2 heterocycles. The van der Waals surface area contributed by atoms with E-state index in [0.29, 0.717) is 19.5 Å². The average molecular weight is 299 g/mol. The van der Waals surface area contributed by atoms with Crippen LogP contribution < -0.4 is 0 Å². The molecule has 0 radical (unpaired) electrons. The van der Waals surface area contributed by atoms with Gasteiger partial charge in [-0.15, -0.1) is 0 Å². The van der Waals surface area contributed by atoms with Crippen LogP contribution in [0.4, 0.5) is 0 Å². The number of aromatic nitrogens is 2. The molecule has 0 aliphatic carbocycles. The Balaban J connectivity index is 1.66. The summed E-state index contributed by atoms with van der Waals surface area (Å²) in [5.74, 6) is 0.134. The van der Waals surface area contributed by atoms with Gasteiger partial charge in [0.25, 0.3) is 0 Å². The molecule has 2 unspecified atom stereocenters. The molecule has 22 heavy (non-hydrogen) atoms. The number of hydrogen-bond donors (Lipinski definition) is 0. The lowest BCUT2D eigenvalue weighted by Gasteiger charge is -2.35. The molecular formula is C17H21N3O2. The van der Waals surface area contributed by atoms with Crippen molar-refractivity contribution in [2.75, 3.05) is 13.1 Å².